The molecular formula is C14H20N6O2. The molecule has 4 rings (SSSR count). The van der Waals surface area contributed by atoms with Crippen LogP contribution in [-0.2, 0) is 0 Å². The van der Waals surface area contributed by atoms with Crippen LogP contribution in [0.3, 0.4) is 0 Å². The monoisotopic (exact) mass is 304 g/mol. The van der Waals surface area contributed by atoms with Crippen LogP contribution in [0.15, 0.2) is 4.63 Å². The standard InChI is InChI=1S/C14H20N6O2/c21-10-6-3-7-20(8-10)14-13(15-9-4-1-2-5-9)16-11-12(17-14)19-22-18-11/h9-10,21H,1-8H2,(H,15,16,18)/t10-/m0/s1. The fourth-order valence-corrected chi connectivity index (χ4v) is 3.36. The summed E-state index contributed by atoms with van der Waals surface area (Å²) in [5.74, 6) is 1.47. The minimum atomic E-state index is -0.319. The Bertz CT molecular complexity index is 654. The summed E-state index contributed by atoms with van der Waals surface area (Å²) in [5.41, 5.74) is 0.828. The Morgan fingerprint density at radius 3 is 2.59 bits per heavy atom. The first-order valence-corrected chi connectivity index (χ1v) is 7.99. The van der Waals surface area contributed by atoms with Crippen LogP contribution in [0.1, 0.15) is 38.5 Å². The molecule has 0 unspecified atom stereocenters. The van der Waals surface area contributed by atoms with Crippen molar-refractivity contribution in [2.75, 3.05) is 23.3 Å². The topological polar surface area (TPSA) is 100 Å². The minimum absolute atomic E-state index is 0.319. The molecule has 0 aromatic carbocycles. The van der Waals surface area contributed by atoms with Gasteiger partial charge in [-0.05, 0) is 36.0 Å². The Hall–Kier alpha value is -1.96. The lowest BCUT2D eigenvalue weighted by Gasteiger charge is -2.32. The number of hydrogen-bond acceptors (Lipinski definition) is 8. The fourth-order valence-electron chi connectivity index (χ4n) is 3.36. The van der Waals surface area contributed by atoms with Crippen LogP contribution in [0.4, 0.5) is 11.6 Å². The maximum absolute atomic E-state index is 9.93. The van der Waals surface area contributed by atoms with Gasteiger partial charge in [-0.3, -0.25) is 0 Å². The summed E-state index contributed by atoms with van der Waals surface area (Å²) in [5, 5.41) is 21.0. The Morgan fingerprint density at radius 2 is 1.82 bits per heavy atom. The van der Waals surface area contributed by atoms with Crippen LogP contribution >= 0.6 is 0 Å². The third-order valence-corrected chi connectivity index (χ3v) is 4.49. The zero-order valence-electron chi connectivity index (χ0n) is 12.4. The first-order valence-electron chi connectivity index (χ1n) is 7.99. The van der Waals surface area contributed by atoms with Crippen molar-refractivity contribution in [3.63, 3.8) is 0 Å². The van der Waals surface area contributed by atoms with Gasteiger partial charge in [-0.2, -0.15) is 0 Å². The molecule has 2 N–H and O–H groups in total. The molecule has 0 amide bonds. The van der Waals surface area contributed by atoms with Crippen LogP contribution in [0.2, 0.25) is 0 Å². The van der Waals surface area contributed by atoms with E-state index in [0.29, 0.717) is 23.9 Å². The SMILES string of the molecule is O[C@H]1CCCN(c2nc3nonc3nc2NC2CCCC2)C1. The van der Waals surface area contributed by atoms with E-state index < -0.39 is 0 Å². The Labute approximate surface area is 127 Å². The zero-order valence-corrected chi connectivity index (χ0v) is 12.4. The van der Waals surface area contributed by atoms with Crippen LogP contribution in [0.25, 0.3) is 11.3 Å². The fraction of sp³-hybridized carbons (Fsp3) is 0.714. The molecule has 22 heavy (non-hydrogen) atoms. The van der Waals surface area contributed by atoms with Gasteiger partial charge in [0.05, 0.1) is 6.10 Å². The molecule has 3 heterocycles. The van der Waals surface area contributed by atoms with Crippen molar-refractivity contribution in [3.8, 4) is 0 Å². The van der Waals surface area contributed by atoms with Crippen molar-refractivity contribution in [2.24, 2.45) is 0 Å². The van der Waals surface area contributed by atoms with Gasteiger partial charge in [0.25, 0.3) is 0 Å². The van der Waals surface area contributed by atoms with Crippen LogP contribution in [-0.4, -0.2) is 50.6 Å². The molecule has 0 spiro atoms. The van der Waals surface area contributed by atoms with Gasteiger partial charge in [0.15, 0.2) is 11.6 Å². The second-order valence-corrected chi connectivity index (χ2v) is 6.18. The van der Waals surface area contributed by atoms with Crippen LogP contribution in [0, 0.1) is 0 Å². The molecule has 1 aliphatic heterocycles. The number of anilines is 2. The van der Waals surface area contributed by atoms with Crippen LogP contribution < -0.4 is 10.2 Å². The number of hydrogen-bond donors (Lipinski definition) is 2. The van der Waals surface area contributed by atoms with Crippen molar-refractivity contribution in [1.82, 2.24) is 20.3 Å². The van der Waals surface area contributed by atoms with E-state index in [1.165, 1.54) is 12.8 Å². The first-order chi connectivity index (χ1) is 10.8. The number of nitrogens with one attached hydrogen (secondary N) is 1. The third kappa shape index (κ3) is 2.58. The predicted molar refractivity (Wildman–Crippen MR) is 80.7 cm³/mol. The summed E-state index contributed by atoms with van der Waals surface area (Å²) in [6.07, 6.45) is 6.26. The molecule has 1 atom stereocenters. The molecule has 2 aromatic rings. The van der Waals surface area contributed by atoms with E-state index in [-0.39, 0.29) is 6.10 Å². The highest BCUT2D eigenvalue weighted by molar-refractivity contribution is 5.74. The smallest absolute Gasteiger partial charge is 0.245 e. The predicted octanol–water partition coefficient (Wildman–Crippen LogP) is 1.33. The lowest BCUT2D eigenvalue weighted by Crippen LogP contribution is -2.39. The molecule has 0 bridgehead atoms. The molecule has 2 aliphatic rings. The number of rotatable bonds is 3. The van der Waals surface area contributed by atoms with E-state index >= 15 is 0 Å². The number of β-amino-alcohol motifs (C(OH)–C–C–N with tert-alkyl or cyclic N) is 1. The Balaban J connectivity index is 1.69. The highest BCUT2D eigenvalue weighted by atomic mass is 16.6. The van der Waals surface area contributed by atoms with Gasteiger partial charge in [0, 0.05) is 19.1 Å². The molecule has 118 valence electrons. The summed E-state index contributed by atoms with van der Waals surface area (Å²) in [7, 11) is 0. The van der Waals surface area contributed by atoms with Gasteiger partial charge in [0.2, 0.25) is 11.3 Å². The number of aliphatic hydroxyl groups is 1. The quantitative estimate of drug-likeness (QED) is 0.876. The van der Waals surface area contributed by atoms with E-state index in [1.54, 1.807) is 0 Å². The number of fused-ring (bicyclic) bond motifs is 1. The average Bonchev–Trinajstić information content (AvgIpc) is 3.17. The Morgan fingerprint density at radius 1 is 1.05 bits per heavy atom. The van der Waals surface area contributed by atoms with Gasteiger partial charge in [-0.15, -0.1) is 0 Å². The highest BCUT2D eigenvalue weighted by Gasteiger charge is 2.25. The lowest BCUT2D eigenvalue weighted by molar-refractivity contribution is 0.154. The molecule has 2 fully saturated rings. The van der Waals surface area contributed by atoms with Gasteiger partial charge in [-0.25, -0.2) is 14.6 Å². The van der Waals surface area contributed by atoms with Gasteiger partial charge < -0.3 is 15.3 Å². The maximum Gasteiger partial charge on any atom is 0.245 e. The van der Waals surface area contributed by atoms with Crippen molar-refractivity contribution in [3.05, 3.63) is 0 Å². The summed E-state index contributed by atoms with van der Waals surface area (Å²) < 4.78 is 4.73. The molecular weight excluding hydrogens is 284 g/mol. The number of aliphatic hydroxyl groups excluding tert-OH is 1. The second kappa shape index (κ2) is 5.68. The second-order valence-electron chi connectivity index (χ2n) is 6.18. The van der Waals surface area contributed by atoms with Crippen molar-refractivity contribution in [1.29, 1.82) is 0 Å². The van der Waals surface area contributed by atoms with Crippen LogP contribution in [0.5, 0.6) is 0 Å². The number of piperidine rings is 1. The Kier molecular flexibility index (Phi) is 3.53. The van der Waals surface area contributed by atoms with Gasteiger partial charge in [0.1, 0.15) is 0 Å². The highest BCUT2D eigenvalue weighted by Crippen LogP contribution is 2.29. The van der Waals surface area contributed by atoms with E-state index in [2.05, 4.69) is 30.5 Å². The molecule has 1 aliphatic carbocycles. The molecule has 0 radical (unpaired) electrons. The zero-order chi connectivity index (χ0) is 14.9. The molecule has 8 nitrogen and oxygen atoms in total. The van der Waals surface area contributed by atoms with Gasteiger partial charge >= 0.3 is 0 Å². The van der Waals surface area contributed by atoms with Gasteiger partial charge in [-0.1, -0.05) is 12.8 Å². The molecule has 2 aromatic heterocycles. The molecule has 1 saturated heterocycles. The molecule has 8 heteroatoms. The van der Waals surface area contributed by atoms with Crippen molar-refractivity contribution in [2.45, 2.75) is 50.7 Å². The first kappa shape index (κ1) is 13.7. The molecule has 1 saturated carbocycles. The maximum atomic E-state index is 9.93. The summed E-state index contributed by atoms with van der Waals surface area (Å²) in [6, 6.07) is 0.431. The number of nitrogens with zero attached hydrogens (tertiary/aromatic N) is 5. The summed E-state index contributed by atoms with van der Waals surface area (Å²) in [4.78, 5) is 11.2. The summed E-state index contributed by atoms with van der Waals surface area (Å²) >= 11 is 0. The van der Waals surface area contributed by atoms with E-state index in [9.17, 15) is 5.11 Å². The average molecular weight is 304 g/mol. The van der Waals surface area contributed by atoms with Crippen molar-refractivity contribution < 1.29 is 9.74 Å². The van der Waals surface area contributed by atoms with E-state index in [0.717, 1.165) is 43.9 Å². The number of aromatic nitrogens is 4. The van der Waals surface area contributed by atoms with E-state index in [1.807, 2.05) is 0 Å². The normalized spacial score (nSPS) is 23.3. The lowest BCUT2D eigenvalue weighted by atomic mass is 10.1. The largest absolute Gasteiger partial charge is 0.391 e. The van der Waals surface area contributed by atoms with E-state index in [4.69, 9.17) is 4.63 Å². The minimum Gasteiger partial charge on any atom is -0.391 e. The third-order valence-electron chi connectivity index (χ3n) is 4.49. The summed E-state index contributed by atoms with van der Waals surface area (Å²) in [6.45, 7) is 1.44. The van der Waals surface area contributed by atoms with Crippen molar-refractivity contribution >= 4 is 22.9 Å².